The summed E-state index contributed by atoms with van der Waals surface area (Å²) in [6.45, 7) is 3.54. The van der Waals surface area contributed by atoms with Crippen LogP contribution in [0, 0.1) is 11.8 Å². The Kier molecular flexibility index (Phi) is 8.71. The zero-order valence-corrected chi connectivity index (χ0v) is 28.3. The SMILES string of the molecule is C[C@@H](COc1ccnc2c1[C@H](C)CCC2)CC1Cc2cc3c(cc2C12CCC(Nc1cccc(Cl)c1)(C(=O)O)CC2)OCC(F)(F)CO3. The third-order valence-electron chi connectivity index (χ3n) is 11.2. The number of carbonyl (C=O) groups is 1. The Hall–Kier alpha value is -3.59. The van der Waals surface area contributed by atoms with Crippen LogP contribution in [-0.2, 0) is 23.1 Å². The Morgan fingerprint density at radius 1 is 1.12 bits per heavy atom. The summed E-state index contributed by atoms with van der Waals surface area (Å²) in [6, 6.07) is 12.9. The number of rotatable bonds is 8. The molecular weight excluding hydrogens is 638 g/mol. The van der Waals surface area contributed by atoms with Gasteiger partial charge in [-0.1, -0.05) is 31.5 Å². The average Bonchev–Trinajstić information content (AvgIpc) is 3.23. The molecule has 7 rings (SSSR count). The molecule has 1 unspecified atom stereocenters. The van der Waals surface area contributed by atoms with Gasteiger partial charge in [0.1, 0.15) is 11.3 Å². The second kappa shape index (κ2) is 12.7. The van der Waals surface area contributed by atoms with E-state index in [9.17, 15) is 18.7 Å². The Morgan fingerprint density at radius 2 is 1.88 bits per heavy atom. The lowest BCUT2D eigenvalue weighted by Gasteiger charge is -2.47. The maximum Gasteiger partial charge on any atom is 0.329 e. The molecule has 0 radical (unpaired) electrons. The molecule has 7 nitrogen and oxygen atoms in total. The molecule has 2 heterocycles. The summed E-state index contributed by atoms with van der Waals surface area (Å²) >= 11 is 6.23. The van der Waals surface area contributed by atoms with Crippen LogP contribution in [-0.4, -0.2) is 47.3 Å². The second-order valence-electron chi connectivity index (χ2n) is 14.6. The molecule has 0 saturated heterocycles. The van der Waals surface area contributed by atoms with Gasteiger partial charge in [-0.05, 0) is 128 Å². The minimum absolute atomic E-state index is 0.196. The summed E-state index contributed by atoms with van der Waals surface area (Å²) in [4.78, 5) is 17.5. The van der Waals surface area contributed by atoms with Gasteiger partial charge in [-0.25, -0.2) is 4.79 Å². The minimum Gasteiger partial charge on any atom is -0.493 e. The highest BCUT2D eigenvalue weighted by Crippen LogP contribution is 2.58. The molecule has 2 aromatic carbocycles. The standard InChI is InChI=1S/C38H43ClF2N2O5/c1-23(20-46-31-9-14-42-30-8-3-5-24(2)34(30)31)15-26-16-25-17-32-33(48-22-38(40,41)21-47-32)19-29(25)36(26)10-12-37(13-11-36,35(44)45)43-28-7-4-6-27(39)18-28/h4,6-7,9,14,17-19,23-24,26,43H,3,5,8,10-13,15-16,20-22H2,1-2H3,(H,44,45)/t23-,24-,26?,36?,37?/m1/s1. The first-order valence-electron chi connectivity index (χ1n) is 17.2. The smallest absolute Gasteiger partial charge is 0.329 e. The van der Waals surface area contributed by atoms with E-state index in [0.29, 0.717) is 60.4 Å². The molecule has 0 amide bonds. The highest BCUT2D eigenvalue weighted by molar-refractivity contribution is 6.30. The number of anilines is 1. The number of carboxylic acid groups (broad SMARTS) is 1. The van der Waals surface area contributed by atoms with E-state index in [0.717, 1.165) is 54.7 Å². The van der Waals surface area contributed by atoms with E-state index in [1.165, 1.54) is 5.56 Å². The fraction of sp³-hybridized carbons (Fsp3) is 0.526. The lowest BCUT2D eigenvalue weighted by Crippen LogP contribution is -2.53. The topological polar surface area (TPSA) is 89.9 Å². The molecule has 0 bridgehead atoms. The van der Waals surface area contributed by atoms with Crippen molar-refractivity contribution in [2.24, 2.45) is 11.8 Å². The van der Waals surface area contributed by atoms with E-state index in [-0.39, 0.29) is 17.3 Å². The molecule has 10 heteroatoms. The molecule has 48 heavy (non-hydrogen) atoms. The lowest BCUT2D eigenvalue weighted by molar-refractivity contribution is -0.144. The number of aryl methyl sites for hydroxylation is 1. The predicted octanol–water partition coefficient (Wildman–Crippen LogP) is 8.61. The normalized spacial score (nSPS) is 27.8. The van der Waals surface area contributed by atoms with Crippen LogP contribution >= 0.6 is 11.6 Å². The number of benzene rings is 2. The molecule has 2 N–H and O–H groups in total. The Labute approximate surface area is 285 Å². The van der Waals surface area contributed by atoms with Gasteiger partial charge in [0, 0.05) is 28.2 Å². The van der Waals surface area contributed by atoms with Crippen LogP contribution in [0.15, 0.2) is 48.7 Å². The summed E-state index contributed by atoms with van der Waals surface area (Å²) in [5.41, 5.74) is 3.65. The molecule has 256 valence electrons. The van der Waals surface area contributed by atoms with Gasteiger partial charge in [0.25, 0.3) is 0 Å². The minimum atomic E-state index is -3.08. The number of ether oxygens (including phenoxy) is 3. The number of aliphatic carboxylic acids is 1. The van der Waals surface area contributed by atoms with Gasteiger partial charge < -0.3 is 24.6 Å². The molecular formula is C38H43ClF2N2O5. The monoisotopic (exact) mass is 680 g/mol. The van der Waals surface area contributed by atoms with Crippen molar-refractivity contribution in [1.29, 1.82) is 0 Å². The lowest BCUT2D eigenvalue weighted by atomic mass is 9.59. The summed E-state index contributed by atoms with van der Waals surface area (Å²) < 4.78 is 46.1. The Bertz CT molecular complexity index is 1690. The second-order valence-corrected chi connectivity index (χ2v) is 15.0. The number of pyridine rings is 1. The largest absolute Gasteiger partial charge is 0.493 e. The number of hydrogen-bond donors (Lipinski definition) is 2. The molecule has 1 saturated carbocycles. The molecule has 4 aliphatic rings. The average molecular weight is 681 g/mol. The number of nitrogens with zero attached hydrogens (tertiary/aromatic N) is 1. The molecule has 1 aliphatic heterocycles. The molecule has 1 fully saturated rings. The number of fused-ring (bicyclic) bond motifs is 4. The zero-order valence-electron chi connectivity index (χ0n) is 27.5. The van der Waals surface area contributed by atoms with Crippen LogP contribution in [0.2, 0.25) is 5.02 Å². The predicted molar refractivity (Wildman–Crippen MR) is 180 cm³/mol. The molecule has 1 aromatic heterocycles. The van der Waals surface area contributed by atoms with Crippen molar-refractivity contribution in [3.8, 4) is 17.2 Å². The number of halogens is 3. The molecule has 3 aromatic rings. The van der Waals surface area contributed by atoms with Crippen LogP contribution in [0.1, 0.15) is 87.1 Å². The Morgan fingerprint density at radius 3 is 2.60 bits per heavy atom. The highest BCUT2D eigenvalue weighted by Gasteiger charge is 2.54. The highest BCUT2D eigenvalue weighted by atomic mass is 35.5. The third kappa shape index (κ3) is 6.19. The van der Waals surface area contributed by atoms with Crippen LogP contribution in [0.5, 0.6) is 17.2 Å². The Balaban J connectivity index is 1.16. The number of alkyl halides is 2. The number of aromatic nitrogens is 1. The van der Waals surface area contributed by atoms with Crippen molar-refractivity contribution >= 4 is 23.3 Å². The van der Waals surface area contributed by atoms with Gasteiger partial charge in [-0.2, -0.15) is 8.78 Å². The first kappa shape index (κ1) is 32.9. The van der Waals surface area contributed by atoms with Gasteiger partial charge in [0.15, 0.2) is 24.7 Å². The molecule has 1 spiro atoms. The van der Waals surface area contributed by atoms with Crippen LogP contribution < -0.4 is 19.5 Å². The third-order valence-corrected chi connectivity index (χ3v) is 11.5. The summed E-state index contributed by atoms with van der Waals surface area (Å²) in [6.07, 6.45) is 8.72. The van der Waals surface area contributed by atoms with E-state index in [1.807, 2.05) is 30.5 Å². The number of hydrogen-bond acceptors (Lipinski definition) is 6. The van der Waals surface area contributed by atoms with Crippen LogP contribution in [0.3, 0.4) is 0 Å². The van der Waals surface area contributed by atoms with E-state index in [4.69, 9.17) is 25.8 Å². The van der Waals surface area contributed by atoms with Crippen LogP contribution in [0.25, 0.3) is 0 Å². The quantitative estimate of drug-likeness (QED) is 0.246. The van der Waals surface area contributed by atoms with Crippen molar-refractivity contribution in [1.82, 2.24) is 4.98 Å². The molecule has 3 atom stereocenters. The van der Waals surface area contributed by atoms with Gasteiger partial charge in [0.05, 0.1) is 6.61 Å². The number of carboxylic acids is 1. The number of nitrogens with one attached hydrogen (secondary N) is 1. The van der Waals surface area contributed by atoms with Crippen molar-refractivity contribution in [3.05, 3.63) is 76.1 Å². The maximum absolute atomic E-state index is 14.2. The van der Waals surface area contributed by atoms with Gasteiger partial charge in [-0.15, -0.1) is 0 Å². The van der Waals surface area contributed by atoms with E-state index < -0.39 is 30.6 Å². The van der Waals surface area contributed by atoms with Crippen molar-refractivity contribution in [2.75, 3.05) is 25.1 Å². The first-order valence-corrected chi connectivity index (χ1v) is 17.5. The maximum atomic E-state index is 14.2. The van der Waals surface area contributed by atoms with E-state index in [1.54, 1.807) is 18.2 Å². The van der Waals surface area contributed by atoms with Crippen molar-refractivity contribution < 1.29 is 32.9 Å². The van der Waals surface area contributed by atoms with E-state index >= 15 is 0 Å². The van der Waals surface area contributed by atoms with Gasteiger partial charge in [0.2, 0.25) is 0 Å². The van der Waals surface area contributed by atoms with Crippen molar-refractivity contribution in [2.45, 2.75) is 94.4 Å². The van der Waals surface area contributed by atoms with Crippen molar-refractivity contribution in [3.63, 3.8) is 0 Å². The van der Waals surface area contributed by atoms with Gasteiger partial charge in [-0.3, -0.25) is 4.98 Å². The van der Waals surface area contributed by atoms with E-state index in [2.05, 4.69) is 24.1 Å². The molecule has 3 aliphatic carbocycles. The fourth-order valence-corrected chi connectivity index (χ4v) is 8.94. The summed E-state index contributed by atoms with van der Waals surface area (Å²) in [5.74, 6) is -1.57. The summed E-state index contributed by atoms with van der Waals surface area (Å²) in [7, 11) is 0. The zero-order chi connectivity index (χ0) is 33.7. The first-order chi connectivity index (χ1) is 23.0. The van der Waals surface area contributed by atoms with Gasteiger partial charge >= 0.3 is 11.9 Å². The fourth-order valence-electron chi connectivity index (χ4n) is 8.75. The summed E-state index contributed by atoms with van der Waals surface area (Å²) in [5, 5.41) is 14.4. The van der Waals surface area contributed by atoms with Crippen LogP contribution in [0.4, 0.5) is 14.5 Å².